The van der Waals surface area contributed by atoms with Gasteiger partial charge in [-0.25, -0.2) is 12.4 Å². The highest BCUT2D eigenvalue weighted by molar-refractivity contribution is 7.90. The maximum atomic E-state index is 13.1. The van der Waals surface area contributed by atoms with E-state index in [4.69, 9.17) is 11.6 Å². The lowest BCUT2D eigenvalue weighted by Gasteiger charge is -2.09. The van der Waals surface area contributed by atoms with Crippen molar-refractivity contribution in [2.75, 3.05) is 0 Å². The number of ketones is 1. The zero-order valence-corrected chi connectivity index (χ0v) is 16.5. The number of fused-ring (bicyclic) bond motifs is 1. The van der Waals surface area contributed by atoms with Crippen molar-refractivity contribution in [2.24, 2.45) is 0 Å². The molecule has 1 aromatic heterocycles. The first-order valence-electron chi connectivity index (χ1n) is 8.60. The molecule has 0 unspecified atom stereocenters. The SMILES string of the molecule is Cc1ccc(S(=O)(=O)n2ccc3ccc(C(=O)c4ccc(Cl)cc4)cc32)cc1. The Balaban J connectivity index is 1.81. The Morgan fingerprint density at radius 1 is 0.857 bits per heavy atom. The Bertz CT molecular complexity index is 1290. The van der Waals surface area contributed by atoms with Crippen LogP contribution in [0.25, 0.3) is 10.9 Å². The molecule has 1 heterocycles. The van der Waals surface area contributed by atoms with Gasteiger partial charge in [-0.2, -0.15) is 0 Å². The summed E-state index contributed by atoms with van der Waals surface area (Å²) >= 11 is 5.88. The van der Waals surface area contributed by atoms with E-state index in [0.717, 1.165) is 10.9 Å². The van der Waals surface area contributed by atoms with Crippen LogP contribution >= 0.6 is 11.6 Å². The predicted octanol–water partition coefficient (Wildman–Crippen LogP) is 5.07. The first kappa shape index (κ1) is 18.5. The van der Waals surface area contributed by atoms with Gasteiger partial charge in [0.1, 0.15) is 0 Å². The molecule has 0 amide bonds. The van der Waals surface area contributed by atoms with E-state index in [1.54, 1.807) is 72.8 Å². The number of carbonyl (C=O) groups is 1. The second kappa shape index (κ2) is 6.93. The minimum absolute atomic E-state index is 0.195. The normalized spacial score (nSPS) is 11.6. The fourth-order valence-electron chi connectivity index (χ4n) is 3.05. The molecule has 4 nitrogen and oxygen atoms in total. The van der Waals surface area contributed by atoms with E-state index in [9.17, 15) is 13.2 Å². The Hall–Kier alpha value is -2.89. The highest BCUT2D eigenvalue weighted by Gasteiger charge is 2.20. The number of rotatable bonds is 4. The van der Waals surface area contributed by atoms with Crippen LogP contribution in [0.4, 0.5) is 0 Å². The highest BCUT2D eigenvalue weighted by atomic mass is 35.5. The zero-order chi connectivity index (χ0) is 19.9. The molecule has 0 atom stereocenters. The number of aromatic nitrogens is 1. The van der Waals surface area contributed by atoms with Crippen molar-refractivity contribution in [2.45, 2.75) is 11.8 Å². The summed E-state index contributed by atoms with van der Waals surface area (Å²) in [5.74, 6) is -0.195. The lowest BCUT2D eigenvalue weighted by atomic mass is 10.0. The van der Waals surface area contributed by atoms with Crippen LogP contribution in [0.5, 0.6) is 0 Å². The summed E-state index contributed by atoms with van der Waals surface area (Å²) in [7, 11) is -3.76. The number of hydrogen-bond acceptors (Lipinski definition) is 3. The molecule has 0 spiro atoms. The number of benzene rings is 3. The number of halogens is 1. The average Bonchev–Trinajstić information content (AvgIpc) is 3.12. The van der Waals surface area contributed by atoms with E-state index < -0.39 is 10.0 Å². The van der Waals surface area contributed by atoms with Crippen molar-refractivity contribution in [1.29, 1.82) is 0 Å². The number of hydrogen-bond donors (Lipinski definition) is 0. The molecule has 0 N–H and O–H groups in total. The van der Waals surface area contributed by atoms with Crippen LogP contribution in [0.15, 0.2) is 83.9 Å². The van der Waals surface area contributed by atoms with Crippen LogP contribution in [0.1, 0.15) is 21.5 Å². The lowest BCUT2D eigenvalue weighted by Crippen LogP contribution is -2.12. The maximum Gasteiger partial charge on any atom is 0.268 e. The fourth-order valence-corrected chi connectivity index (χ4v) is 4.52. The third-order valence-electron chi connectivity index (χ3n) is 4.60. The van der Waals surface area contributed by atoms with Gasteiger partial charge in [0.05, 0.1) is 10.4 Å². The predicted molar refractivity (Wildman–Crippen MR) is 111 cm³/mol. The van der Waals surface area contributed by atoms with E-state index in [1.807, 2.05) is 6.92 Å². The van der Waals surface area contributed by atoms with Crippen LogP contribution in [0.2, 0.25) is 5.02 Å². The minimum atomic E-state index is -3.76. The molecule has 6 heteroatoms. The fraction of sp³-hybridized carbons (Fsp3) is 0.0455. The first-order chi connectivity index (χ1) is 13.4. The zero-order valence-electron chi connectivity index (χ0n) is 15.0. The molecule has 0 aliphatic carbocycles. The smallest absolute Gasteiger partial charge is 0.268 e. The lowest BCUT2D eigenvalue weighted by molar-refractivity contribution is 0.103. The number of carbonyl (C=O) groups excluding carboxylic acids is 1. The van der Waals surface area contributed by atoms with E-state index in [1.165, 1.54) is 10.2 Å². The highest BCUT2D eigenvalue weighted by Crippen LogP contribution is 2.25. The summed E-state index contributed by atoms with van der Waals surface area (Å²) in [5.41, 5.74) is 2.34. The van der Waals surface area contributed by atoms with E-state index in [2.05, 4.69) is 0 Å². The maximum absolute atomic E-state index is 13.1. The van der Waals surface area contributed by atoms with Crippen molar-refractivity contribution < 1.29 is 13.2 Å². The van der Waals surface area contributed by atoms with Gasteiger partial charge in [-0.05, 0) is 55.5 Å². The standard InChI is InChI=1S/C22H16ClNO3S/c1-15-2-10-20(11-3-15)28(26,27)24-13-12-16-4-5-18(14-21(16)24)22(25)17-6-8-19(23)9-7-17/h2-14H,1H3. The van der Waals surface area contributed by atoms with Gasteiger partial charge < -0.3 is 0 Å². The van der Waals surface area contributed by atoms with Crippen molar-refractivity contribution in [1.82, 2.24) is 3.97 Å². The molecule has 0 saturated carbocycles. The molecule has 0 bridgehead atoms. The van der Waals surface area contributed by atoms with Gasteiger partial charge in [-0.1, -0.05) is 41.4 Å². The Labute approximate surface area is 168 Å². The molecule has 0 radical (unpaired) electrons. The van der Waals surface area contributed by atoms with Crippen molar-refractivity contribution in [3.63, 3.8) is 0 Å². The molecule has 0 aliphatic heterocycles. The Morgan fingerprint density at radius 2 is 1.50 bits per heavy atom. The first-order valence-corrected chi connectivity index (χ1v) is 10.4. The van der Waals surface area contributed by atoms with Crippen molar-refractivity contribution in [3.8, 4) is 0 Å². The van der Waals surface area contributed by atoms with Crippen LogP contribution in [0, 0.1) is 6.92 Å². The molecule has 0 saturated heterocycles. The molecule has 0 fully saturated rings. The average molecular weight is 410 g/mol. The summed E-state index contributed by atoms with van der Waals surface area (Å²) in [6.07, 6.45) is 1.51. The van der Waals surface area contributed by atoms with Crippen LogP contribution in [-0.2, 0) is 10.0 Å². The van der Waals surface area contributed by atoms with Gasteiger partial charge in [-0.15, -0.1) is 0 Å². The summed E-state index contributed by atoms with van der Waals surface area (Å²) in [4.78, 5) is 13.0. The monoisotopic (exact) mass is 409 g/mol. The number of nitrogens with zero attached hydrogens (tertiary/aromatic N) is 1. The molecule has 28 heavy (non-hydrogen) atoms. The Kier molecular flexibility index (Phi) is 4.57. The minimum Gasteiger partial charge on any atom is -0.289 e. The van der Waals surface area contributed by atoms with E-state index in [0.29, 0.717) is 21.7 Å². The summed E-state index contributed by atoms with van der Waals surface area (Å²) in [6.45, 7) is 1.90. The van der Waals surface area contributed by atoms with Gasteiger partial charge in [0.25, 0.3) is 10.0 Å². The second-order valence-corrected chi connectivity index (χ2v) is 8.79. The summed E-state index contributed by atoms with van der Waals surface area (Å²) in [5, 5.41) is 1.29. The molecule has 0 aliphatic rings. The summed E-state index contributed by atoms with van der Waals surface area (Å²) < 4.78 is 27.4. The van der Waals surface area contributed by atoms with Crippen LogP contribution in [0.3, 0.4) is 0 Å². The van der Waals surface area contributed by atoms with Gasteiger partial charge in [0.2, 0.25) is 0 Å². The molecule has 3 aromatic carbocycles. The van der Waals surface area contributed by atoms with E-state index in [-0.39, 0.29) is 10.7 Å². The quantitative estimate of drug-likeness (QED) is 0.442. The number of aryl methyl sites for hydroxylation is 1. The molecule has 4 aromatic rings. The van der Waals surface area contributed by atoms with Gasteiger partial charge in [0, 0.05) is 27.7 Å². The second-order valence-electron chi connectivity index (χ2n) is 6.54. The molecule has 4 rings (SSSR count). The van der Waals surface area contributed by atoms with Gasteiger partial charge in [-0.3, -0.25) is 4.79 Å². The van der Waals surface area contributed by atoms with Crippen LogP contribution in [-0.4, -0.2) is 18.2 Å². The molecular formula is C22H16ClNO3S. The Morgan fingerprint density at radius 3 is 2.18 bits per heavy atom. The third kappa shape index (κ3) is 3.23. The van der Waals surface area contributed by atoms with Gasteiger partial charge >= 0.3 is 0 Å². The summed E-state index contributed by atoms with van der Waals surface area (Å²) in [6, 6.07) is 20.1. The largest absolute Gasteiger partial charge is 0.289 e. The van der Waals surface area contributed by atoms with E-state index >= 15 is 0 Å². The van der Waals surface area contributed by atoms with Crippen molar-refractivity contribution in [3.05, 3.63) is 101 Å². The topological polar surface area (TPSA) is 56.1 Å². The van der Waals surface area contributed by atoms with Gasteiger partial charge in [0.15, 0.2) is 5.78 Å². The van der Waals surface area contributed by atoms with Crippen LogP contribution < -0.4 is 0 Å². The molecular weight excluding hydrogens is 394 g/mol. The third-order valence-corrected chi connectivity index (χ3v) is 6.56. The van der Waals surface area contributed by atoms with Crippen molar-refractivity contribution >= 4 is 38.3 Å². The molecule has 140 valence electrons.